The molecule has 320 valence electrons. The first-order valence-electron chi connectivity index (χ1n) is 16.3. The van der Waals surface area contributed by atoms with E-state index in [0.717, 1.165) is 18.2 Å². The molecule has 0 aliphatic rings. The summed E-state index contributed by atoms with van der Waals surface area (Å²) in [5.41, 5.74) is 5.38. The lowest BCUT2D eigenvalue weighted by atomic mass is 10.2. The number of hydrogen-bond donors (Lipinski definition) is 5. The third-order valence-corrected chi connectivity index (χ3v) is 7.18. The molecule has 1 amide bonds. The summed E-state index contributed by atoms with van der Waals surface area (Å²) in [6, 6.07) is 17.5. The summed E-state index contributed by atoms with van der Waals surface area (Å²) >= 11 is 0. The number of nitrogens with one attached hydrogen (secondary N) is 3. The largest absolute Gasteiger partial charge is 0.573 e. The van der Waals surface area contributed by atoms with Crippen LogP contribution in [-0.4, -0.2) is 74.3 Å². The van der Waals surface area contributed by atoms with E-state index in [-0.39, 0.29) is 48.5 Å². The van der Waals surface area contributed by atoms with Gasteiger partial charge in [0.1, 0.15) is 51.8 Å². The molecular weight excluding hydrogens is 844 g/mol. The van der Waals surface area contributed by atoms with Gasteiger partial charge in [0.2, 0.25) is 0 Å². The number of aromatic carboxylic acids is 1. The Hall–Kier alpha value is -7.01. The summed E-state index contributed by atoms with van der Waals surface area (Å²) in [5, 5.41) is 24.1. The number of carbonyl (C=O) groups excluding carboxylic acids is 1. The van der Waals surface area contributed by atoms with Gasteiger partial charge in [0, 0.05) is 0 Å². The number of nitrogens with two attached hydrogens (primary N) is 1. The molecule has 4 aromatic carbocycles. The molecule has 60 heavy (non-hydrogen) atoms. The molecule has 6 aromatic rings. The highest BCUT2D eigenvalue weighted by atomic mass is 35.5. The van der Waals surface area contributed by atoms with Crippen molar-refractivity contribution in [3.63, 3.8) is 0 Å². The molecule has 0 fully saturated rings. The van der Waals surface area contributed by atoms with Gasteiger partial charge in [0.25, 0.3) is 5.91 Å². The quantitative estimate of drug-likeness (QED) is 0.0816. The topological polar surface area (TPSA) is 212 Å². The van der Waals surface area contributed by atoms with Crippen molar-refractivity contribution >= 4 is 24.3 Å². The fourth-order valence-corrected chi connectivity index (χ4v) is 4.70. The average Bonchev–Trinajstić information content (AvgIpc) is 3.87. The van der Waals surface area contributed by atoms with Crippen LogP contribution in [0.25, 0.3) is 22.8 Å². The maximum Gasteiger partial charge on any atom is 0.573 e. The molecule has 6 rings (SSSR count). The molecule has 0 aliphatic carbocycles. The van der Waals surface area contributed by atoms with Crippen LogP contribution in [0.4, 0.5) is 35.1 Å². The number of aromatic amines is 2. The smallest absolute Gasteiger partial charge is 0.496 e. The van der Waals surface area contributed by atoms with Gasteiger partial charge in [-0.2, -0.15) is 10.2 Å². The van der Waals surface area contributed by atoms with E-state index in [0.29, 0.717) is 34.3 Å². The first-order valence-corrected chi connectivity index (χ1v) is 16.3. The number of ether oxygens (including phenoxy) is 4. The third-order valence-electron chi connectivity index (χ3n) is 7.18. The Morgan fingerprint density at radius 1 is 0.683 bits per heavy atom. The fraction of sp³-hybridized carbons (Fsp3) is 0.167. The Morgan fingerprint density at radius 3 is 1.55 bits per heavy atom. The third kappa shape index (κ3) is 13.8. The molecule has 0 unspecified atom stereocenters. The summed E-state index contributed by atoms with van der Waals surface area (Å²) in [6.45, 7) is 0.0917. The molecule has 0 aliphatic heterocycles. The highest BCUT2D eigenvalue weighted by molar-refractivity contribution is 5.96. The van der Waals surface area contributed by atoms with Crippen molar-refractivity contribution in [2.45, 2.75) is 25.8 Å². The molecule has 2 aromatic heterocycles. The van der Waals surface area contributed by atoms with Crippen molar-refractivity contribution < 1.29 is 68.8 Å². The molecule has 0 atom stereocenters. The number of para-hydroxylation sites is 2. The highest BCUT2D eigenvalue weighted by Crippen LogP contribution is 2.30. The van der Waals surface area contributed by atoms with Crippen LogP contribution in [0.3, 0.4) is 0 Å². The van der Waals surface area contributed by atoms with Gasteiger partial charge in [-0.3, -0.25) is 15.0 Å². The van der Waals surface area contributed by atoms with E-state index in [1.807, 2.05) is 0 Å². The van der Waals surface area contributed by atoms with Gasteiger partial charge in [0.05, 0.1) is 44.0 Å². The molecule has 0 bridgehead atoms. The Bertz CT molecular complexity index is 2360. The van der Waals surface area contributed by atoms with Gasteiger partial charge in [-0.25, -0.2) is 23.5 Å². The summed E-state index contributed by atoms with van der Waals surface area (Å²) < 4.78 is 117. The number of halogens is 9. The molecule has 24 heteroatoms. The molecule has 0 saturated heterocycles. The number of nitrogens with zero attached hydrogens (tertiary/aromatic N) is 4. The zero-order chi connectivity index (χ0) is 43.3. The lowest BCUT2D eigenvalue weighted by molar-refractivity contribution is -0.275. The number of alkyl halides is 6. The molecule has 6 N–H and O–H groups in total. The summed E-state index contributed by atoms with van der Waals surface area (Å²) in [6.07, 6.45) is -9.81. The first-order chi connectivity index (χ1) is 27.9. The predicted molar refractivity (Wildman–Crippen MR) is 196 cm³/mol. The number of hydrogen-bond acceptors (Lipinski definition) is 11. The van der Waals surface area contributed by atoms with Gasteiger partial charge in [-0.05, 0) is 60.7 Å². The van der Waals surface area contributed by atoms with Crippen LogP contribution in [0.5, 0.6) is 23.0 Å². The van der Waals surface area contributed by atoms with Crippen LogP contribution in [-0.2, 0) is 13.1 Å². The second-order valence-corrected chi connectivity index (χ2v) is 11.2. The lowest BCUT2D eigenvalue weighted by Crippen LogP contribution is -2.26. The van der Waals surface area contributed by atoms with Crippen molar-refractivity contribution in [2.75, 3.05) is 14.2 Å². The van der Waals surface area contributed by atoms with Crippen LogP contribution < -0.4 is 30.0 Å². The van der Waals surface area contributed by atoms with Gasteiger partial charge in [-0.1, -0.05) is 24.3 Å². The number of methoxy groups -OCH3 is 2. The van der Waals surface area contributed by atoms with Crippen LogP contribution >= 0.6 is 12.4 Å². The SMILES string of the molecule is COc1ccc(F)cc1-c1n[nH]c(CN)n1.COc1ccc(F)cc1-c1n[nH]c(CNC(=O)c2ccccc2OC(F)(F)F)n1.Cl.O=C(O)c1ccccc1OC(F)(F)F. The summed E-state index contributed by atoms with van der Waals surface area (Å²) in [4.78, 5) is 31.0. The van der Waals surface area contributed by atoms with Crippen molar-refractivity contribution in [1.82, 2.24) is 35.7 Å². The monoisotopic (exact) mass is 874 g/mol. The van der Waals surface area contributed by atoms with E-state index in [2.05, 4.69) is 45.2 Å². The van der Waals surface area contributed by atoms with Crippen LogP contribution in [0.1, 0.15) is 32.4 Å². The van der Waals surface area contributed by atoms with Crippen molar-refractivity contribution in [2.24, 2.45) is 5.73 Å². The maximum atomic E-state index is 13.5. The van der Waals surface area contributed by atoms with Crippen LogP contribution in [0.2, 0.25) is 0 Å². The second-order valence-electron chi connectivity index (χ2n) is 11.2. The predicted octanol–water partition coefficient (Wildman–Crippen LogP) is 7.23. The zero-order valence-corrected chi connectivity index (χ0v) is 31.5. The second kappa shape index (κ2) is 21.1. The summed E-state index contributed by atoms with van der Waals surface area (Å²) in [5.74, 6) is -2.37. The number of amides is 1. The van der Waals surface area contributed by atoms with E-state index in [1.54, 1.807) is 0 Å². The van der Waals surface area contributed by atoms with Crippen LogP contribution in [0.15, 0.2) is 84.9 Å². The summed E-state index contributed by atoms with van der Waals surface area (Å²) in [7, 11) is 2.91. The van der Waals surface area contributed by atoms with Gasteiger partial charge in [-0.15, -0.1) is 38.7 Å². The van der Waals surface area contributed by atoms with Crippen LogP contribution in [0, 0.1) is 11.6 Å². The normalized spacial score (nSPS) is 10.8. The molecule has 2 heterocycles. The minimum absolute atomic E-state index is 0. The molecule has 0 radical (unpaired) electrons. The first kappa shape index (κ1) is 47.4. The lowest BCUT2D eigenvalue weighted by Gasteiger charge is -2.12. The molecular formula is C36H31ClF8N8O7. The number of benzene rings is 4. The maximum absolute atomic E-state index is 13.5. The van der Waals surface area contributed by atoms with Gasteiger partial charge in [0.15, 0.2) is 11.6 Å². The Labute approximate surface area is 339 Å². The minimum atomic E-state index is -4.93. The number of carbonyl (C=O) groups is 2. The zero-order valence-electron chi connectivity index (χ0n) is 30.7. The number of rotatable bonds is 11. The minimum Gasteiger partial charge on any atom is -0.496 e. The van der Waals surface area contributed by atoms with E-state index in [4.69, 9.17) is 20.3 Å². The van der Waals surface area contributed by atoms with Gasteiger partial charge < -0.3 is 35.1 Å². The molecule has 0 saturated carbocycles. The number of H-pyrrole nitrogens is 2. The van der Waals surface area contributed by atoms with E-state index < -0.39 is 47.5 Å². The van der Waals surface area contributed by atoms with E-state index in [1.165, 1.54) is 80.9 Å². The Kier molecular flexibility index (Phi) is 16.7. The number of aromatic nitrogens is 6. The number of carboxylic acids is 1. The Balaban J connectivity index is 0.000000262. The van der Waals surface area contributed by atoms with Crippen molar-refractivity contribution in [3.8, 4) is 45.8 Å². The van der Waals surface area contributed by atoms with Crippen molar-refractivity contribution in [3.05, 3.63) is 119 Å². The highest BCUT2D eigenvalue weighted by Gasteiger charge is 2.33. The molecule has 0 spiro atoms. The van der Waals surface area contributed by atoms with E-state index in [9.17, 15) is 44.7 Å². The number of carboxylic acid groups (broad SMARTS) is 1. The molecule has 15 nitrogen and oxygen atoms in total. The average molecular weight is 875 g/mol. The standard InChI is InChI=1S/C18H14F4N4O3.C10H11FN4O.C8H5F3O3.ClH/c1-28-13-7-6-10(19)8-12(13)16-24-15(25-26-16)9-23-17(27)11-4-2-3-5-14(11)29-18(20,21)22;1-16-8-3-2-6(11)4-7(8)10-13-9(5-12)14-15-10;9-8(10,11)14-6-4-2-1-3-5(6)7(12)13;/h2-8H,9H2,1H3,(H,23,27)(H,24,25,26);2-4H,5,12H2,1H3,(H,13,14,15);1-4H,(H,12,13);1H. The van der Waals surface area contributed by atoms with E-state index >= 15 is 0 Å². The van der Waals surface area contributed by atoms with Gasteiger partial charge >= 0.3 is 18.7 Å². The Morgan fingerprint density at radius 2 is 1.12 bits per heavy atom. The fourth-order valence-electron chi connectivity index (χ4n) is 4.70. The van der Waals surface area contributed by atoms with Crippen molar-refractivity contribution in [1.29, 1.82) is 0 Å².